The molecule has 0 aliphatic heterocycles. The fourth-order valence-corrected chi connectivity index (χ4v) is 3.50. The van der Waals surface area contributed by atoms with Crippen molar-refractivity contribution in [1.29, 1.82) is 0 Å². The summed E-state index contributed by atoms with van der Waals surface area (Å²) in [7, 11) is 0. The fourth-order valence-electron chi connectivity index (χ4n) is 2.18. The van der Waals surface area contributed by atoms with Crippen molar-refractivity contribution in [3.63, 3.8) is 0 Å². The van der Waals surface area contributed by atoms with Gasteiger partial charge in [-0.05, 0) is 29.7 Å². The number of hydrogen-bond acceptors (Lipinski definition) is 3. The minimum Gasteiger partial charge on any atom is -0.271 e. The van der Waals surface area contributed by atoms with Crippen LogP contribution in [0.15, 0.2) is 53.4 Å². The molecule has 2 aromatic rings. The number of benzene rings is 2. The molecule has 2 nitrogen and oxygen atoms in total. The molecule has 0 saturated heterocycles. The van der Waals surface area contributed by atoms with E-state index in [-0.39, 0.29) is 6.04 Å². The van der Waals surface area contributed by atoms with E-state index in [9.17, 15) is 0 Å². The van der Waals surface area contributed by atoms with Crippen LogP contribution < -0.4 is 11.3 Å². The number of hydrogen-bond donors (Lipinski definition) is 2. The lowest BCUT2D eigenvalue weighted by Gasteiger charge is -2.17. The predicted octanol–water partition coefficient (Wildman–Crippen LogP) is 4.59. The monoisotopic (exact) mass is 320 g/mol. The number of rotatable bonds is 7. The third kappa shape index (κ3) is 4.75. The molecule has 1 atom stereocenters. The standard InChI is InChI=1S/C17H21ClN2S/c1-2-5-13-8-10-14(11-9-13)16(20-19)12-21-17-7-4-3-6-15(17)18/h3-4,6-11,16,20H,2,5,12,19H2,1H3. The zero-order valence-electron chi connectivity index (χ0n) is 12.2. The Bertz CT molecular complexity index is 557. The lowest BCUT2D eigenvalue weighted by molar-refractivity contribution is 0.610. The molecular weight excluding hydrogens is 300 g/mol. The number of halogens is 1. The van der Waals surface area contributed by atoms with Crippen molar-refractivity contribution >= 4 is 23.4 Å². The second-order valence-corrected chi connectivity index (χ2v) is 6.42. The second kappa shape index (κ2) is 8.44. The molecule has 0 aromatic heterocycles. The maximum atomic E-state index is 6.18. The average Bonchev–Trinajstić information content (AvgIpc) is 2.51. The SMILES string of the molecule is CCCc1ccc(C(CSc2ccccc2Cl)NN)cc1. The van der Waals surface area contributed by atoms with Gasteiger partial charge < -0.3 is 0 Å². The van der Waals surface area contributed by atoms with E-state index in [0.717, 1.165) is 22.1 Å². The molecule has 0 spiro atoms. The van der Waals surface area contributed by atoms with Gasteiger partial charge in [0.1, 0.15) is 0 Å². The summed E-state index contributed by atoms with van der Waals surface area (Å²) in [5.41, 5.74) is 5.47. The molecule has 0 aliphatic rings. The molecular formula is C17H21ClN2S. The molecule has 1 unspecified atom stereocenters. The average molecular weight is 321 g/mol. The van der Waals surface area contributed by atoms with Crippen LogP contribution in [0, 0.1) is 0 Å². The van der Waals surface area contributed by atoms with Gasteiger partial charge in [-0.15, -0.1) is 11.8 Å². The Kier molecular flexibility index (Phi) is 6.58. The first-order valence-corrected chi connectivity index (χ1v) is 8.53. The molecule has 21 heavy (non-hydrogen) atoms. The van der Waals surface area contributed by atoms with Crippen molar-refractivity contribution in [3.05, 3.63) is 64.7 Å². The van der Waals surface area contributed by atoms with Crippen LogP contribution in [0.1, 0.15) is 30.5 Å². The van der Waals surface area contributed by atoms with Gasteiger partial charge in [-0.2, -0.15) is 0 Å². The fraction of sp³-hybridized carbons (Fsp3) is 0.294. The van der Waals surface area contributed by atoms with E-state index < -0.39 is 0 Å². The van der Waals surface area contributed by atoms with E-state index in [1.54, 1.807) is 11.8 Å². The molecule has 112 valence electrons. The first-order valence-electron chi connectivity index (χ1n) is 7.17. The van der Waals surface area contributed by atoms with Crippen molar-refractivity contribution in [2.24, 2.45) is 5.84 Å². The molecule has 2 rings (SSSR count). The lowest BCUT2D eigenvalue weighted by atomic mass is 10.0. The Balaban J connectivity index is 2.01. The molecule has 4 heteroatoms. The summed E-state index contributed by atoms with van der Waals surface area (Å²) in [4.78, 5) is 1.09. The summed E-state index contributed by atoms with van der Waals surface area (Å²) in [6.45, 7) is 2.19. The molecule has 0 fully saturated rings. The van der Waals surface area contributed by atoms with Crippen molar-refractivity contribution in [2.75, 3.05) is 5.75 Å². The summed E-state index contributed by atoms with van der Waals surface area (Å²) in [6.07, 6.45) is 2.29. The second-order valence-electron chi connectivity index (χ2n) is 4.95. The quantitative estimate of drug-likeness (QED) is 0.445. The third-order valence-electron chi connectivity index (χ3n) is 3.36. The highest BCUT2D eigenvalue weighted by atomic mass is 35.5. The van der Waals surface area contributed by atoms with Gasteiger partial charge in [0, 0.05) is 10.6 Å². The maximum Gasteiger partial charge on any atom is 0.0553 e. The number of nitrogens with two attached hydrogens (primary N) is 1. The summed E-state index contributed by atoms with van der Waals surface area (Å²) in [5.74, 6) is 6.55. The third-order valence-corrected chi connectivity index (χ3v) is 4.97. The Labute approximate surface area is 136 Å². The van der Waals surface area contributed by atoms with Crippen LogP contribution in [0.3, 0.4) is 0 Å². The largest absolute Gasteiger partial charge is 0.271 e. The van der Waals surface area contributed by atoms with E-state index in [1.165, 1.54) is 17.5 Å². The van der Waals surface area contributed by atoms with Crippen molar-refractivity contribution in [2.45, 2.75) is 30.7 Å². The van der Waals surface area contributed by atoms with Crippen LogP contribution in [-0.4, -0.2) is 5.75 Å². The Morgan fingerprint density at radius 3 is 2.48 bits per heavy atom. The van der Waals surface area contributed by atoms with Crippen molar-refractivity contribution in [1.82, 2.24) is 5.43 Å². The van der Waals surface area contributed by atoms with Gasteiger partial charge >= 0.3 is 0 Å². The zero-order chi connectivity index (χ0) is 15.1. The number of thioether (sulfide) groups is 1. The topological polar surface area (TPSA) is 38.0 Å². The van der Waals surface area contributed by atoms with Crippen molar-refractivity contribution < 1.29 is 0 Å². The van der Waals surface area contributed by atoms with Gasteiger partial charge in [0.25, 0.3) is 0 Å². The van der Waals surface area contributed by atoms with Gasteiger partial charge in [0.2, 0.25) is 0 Å². The molecule has 0 saturated carbocycles. The highest BCUT2D eigenvalue weighted by Crippen LogP contribution is 2.30. The number of aryl methyl sites for hydroxylation is 1. The first-order chi connectivity index (χ1) is 10.2. The van der Waals surface area contributed by atoms with Crippen LogP contribution in [0.25, 0.3) is 0 Å². The summed E-state index contributed by atoms with van der Waals surface area (Å²) in [5, 5.41) is 0.788. The van der Waals surface area contributed by atoms with Gasteiger partial charge in [-0.25, -0.2) is 0 Å². The molecule has 2 aromatic carbocycles. The van der Waals surface area contributed by atoms with Gasteiger partial charge in [-0.3, -0.25) is 11.3 Å². The Hall–Kier alpha value is -1.00. The van der Waals surface area contributed by atoms with E-state index in [2.05, 4.69) is 36.6 Å². The van der Waals surface area contributed by atoms with Crippen molar-refractivity contribution in [3.8, 4) is 0 Å². The normalized spacial score (nSPS) is 12.3. The van der Waals surface area contributed by atoms with Crippen LogP contribution in [0.2, 0.25) is 5.02 Å². The number of nitrogens with one attached hydrogen (secondary N) is 1. The molecule has 0 amide bonds. The van der Waals surface area contributed by atoms with Crippen LogP contribution >= 0.6 is 23.4 Å². The molecule has 0 heterocycles. The van der Waals surface area contributed by atoms with Gasteiger partial charge in [0.05, 0.1) is 11.1 Å². The Morgan fingerprint density at radius 1 is 1.14 bits per heavy atom. The van der Waals surface area contributed by atoms with E-state index in [0.29, 0.717) is 0 Å². The van der Waals surface area contributed by atoms with Crippen LogP contribution in [-0.2, 0) is 6.42 Å². The van der Waals surface area contributed by atoms with E-state index in [4.69, 9.17) is 17.4 Å². The van der Waals surface area contributed by atoms with Crippen LogP contribution in [0.5, 0.6) is 0 Å². The summed E-state index contributed by atoms with van der Waals surface area (Å²) < 4.78 is 0. The van der Waals surface area contributed by atoms with E-state index in [1.807, 2.05) is 24.3 Å². The highest BCUT2D eigenvalue weighted by molar-refractivity contribution is 7.99. The van der Waals surface area contributed by atoms with Crippen LogP contribution in [0.4, 0.5) is 0 Å². The molecule has 0 bridgehead atoms. The van der Waals surface area contributed by atoms with Gasteiger partial charge in [0.15, 0.2) is 0 Å². The summed E-state index contributed by atoms with van der Waals surface area (Å²) in [6, 6.07) is 16.7. The lowest BCUT2D eigenvalue weighted by Crippen LogP contribution is -2.29. The first kappa shape index (κ1) is 16.4. The molecule has 0 radical (unpaired) electrons. The Morgan fingerprint density at radius 2 is 1.86 bits per heavy atom. The minimum absolute atomic E-state index is 0.113. The maximum absolute atomic E-state index is 6.18. The zero-order valence-corrected chi connectivity index (χ0v) is 13.8. The molecule has 3 N–H and O–H groups in total. The predicted molar refractivity (Wildman–Crippen MR) is 92.7 cm³/mol. The number of hydrazine groups is 1. The summed E-state index contributed by atoms with van der Waals surface area (Å²) >= 11 is 7.89. The van der Waals surface area contributed by atoms with E-state index >= 15 is 0 Å². The smallest absolute Gasteiger partial charge is 0.0553 e. The molecule has 0 aliphatic carbocycles. The minimum atomic E-state index is 0.113. The highest BCUT2D eigenvalue weighted by Gasteiger charge is 2.11. The van der Waals surface area contributed by atoms with Gasteiger partial charge in [-0.1, -0.05) is 61.3 Å².